The fraction of sp³-hybridized carbons (Fsp3) is 0.333. The van der Waals surface area contributed by atoms with Gasteiger partial charge in [0.2, 0.25) is 0 Å². The van der Waals surface area contributed by atoms with Crippen LogP contribution < -0.4 is 21.2 Å². The molecule has 0 atom stereocenters. The van der Waals surface area contributed by atoms with Crippen LogP contribution in [0.5, 0.6) is 0 Å². The minimum Gasteiger partial charge on any atom is -0.383 e. The highest BCUT2D eigenvalue weighted by Crippen LogP contribution is 2.07. The van der Waals surface area contributed by atoms with Gasteiger partial charge in [0.05, 0.1) is 6.26 Å². The van der Waals surface area contributed by atoms with Gasteiger partial charge in [-0.2, -0.15) is 8.42 Å². The predicted octanol–water partition coefficient (Wildman–Crippen LogP) is -0.437. The van der Waals surface area contributed by atoms with Gasteiger partial charge < -0.3 is 4.18 Å². The first-order chi connectivity index (χ1) is 8.01. The first kappa shape index (κ1) is 14.5. The normalized spacial score (nSPS) is 12.5. The van der Waals surface area contributed by atoms with E-state index in [9.17, 15) is 8.42 Å². The molecule has 0 bridgehead atoms. The lowest BCUT2D eigenvalue weighted by Gasteiger charge is -2.02. The first-order valence-corrected chi connectivity index (χ1v) is 9.42. The lowest BCUT2D eigenvalue weighted by Crippen LogP contribution is -3.59. The predicted molar refractivity (Wildman–Crippen MR) is 64.1 cm³/mol. The molecule has 1 aromatic rings. The van der Waals surface area contributed by atoms with Crippen LogP contribution in [0.3, 0.4) is 0 Å². The van der Waals surface area contributed by atoms with E-state index in [1.165, 1.54) is 3.57 Å². The molecule has 5 heteroatoms. The van der Waals surface area contributed by atoms with E-state index >= 15 is 0 Å². The summed E-state index contributed by atoms with van der Waals surface area (Å²) in [5, 5.41) is 0. The Morgan fingerprint density at radius 3 is 2.53 bits per heavy atom. The highest BCUT2D eigenvalue weighted by atomic mass is 127. The van der Waals surface area contributed by atoms with Gasteiger partial charge in [-0.05, 0) is 18.6 Å². The summed E-state index contributed by atoms with van der Waals surface area (Å²) in [5.41, 5.74) is 0. The second-order valence-corrected chi connectivity index (χ2v) is 7.58. The molecule has 0 spiro atoms. The van der Waals surface area contributed by atoms with Crippen molar-refractivity contribution in [2.24, 2.45) is 0 Å². The molecule has 0 saturated heterocycles. The fourth-order valence-corrected chi connectivity index (χ4v) is 3.84. The molecule has 0 aliphatic heterocycles. The zero-order valence-electron chi connectivity index (χ0n) is 9.89. The van der Waals surface area contributed by atoms with Crippen molar-refractivity contribution in [1.82, 2.24) is 0 Å². The van der Waals surface area contributed by atoms with E-state index in [0.29, 0.717) is 12.2 Å². The van der Waals surface area contributed by atoms with Gasteiger partial charge in [-0.3, -0.25) is 0 Å². The molecule has 0 amide bonds. The standard InChI is InChI=1S/C12H16IO3S/c1-3-7-12(16-17(2,14)15)10-13-11-8-5-4-6-9-11/h4-6,8-10H,3,7H2,1-2H3/q+1/b12-10+. The number of allylic oxidation sites excluding steroid dienone is 1. The van der Waals surface area contributed by atoms with Crippen molar-refractivity contribution >= 4 is 10.1 Å². The maximum absolute atomic E-state index is 11.1. The Hall–Kier alpha value is -0.560. The highest BCUT2D eigenvalue weighted by Gasteiger charge is 2.14. The minimum atomic E-state index is -3.40. The van der Waals surface area contributed by atoms with Gasteiger partial charge in [0.25, 0.3) is 0 Å². The van der Waals surface area contributed by atoms with Crippen molar-refractivity contribution in [1.29, 1.82) is 0 Å². The summed E-state index contributed by atoms with van der Waals surface area (Å²) in [6.07, 6.45) is 2.62. The number of rotatable bonds is 6. The maximum atomic E-state index is 11.1. The second kappa shape index (κ2) is 7.00. The monoisotopic (exact) mass is 367 g/mol. The van der Waals surface area contributed by atoms with Gasteiger partial charge in [0.15, 0.2) is 13.4 Å². The largest absolute Gasteiger partial charge is 0.383 e. The van der Waals surface area contributed by atoms with Crippen molar-refractivity contribution in [3.05, 3.63) is 43.7 Å². The molecule has 0 N–H and O–H groups in total. The van der Waals surface area contributed by atoms with Gasteiger partial charge in [0.1, 0.15) is 0 Å². The Balaban J connectivity index is 2.70. The third kappa shape index (κ3) is 6.68. The van der Waals surface area contributed by atoms with Crippen molar-refractivity contribution < 1.29 is 33.8 Å². The fourth-order valence-electron chi connectivity index (χ4n) is 1.17. The summed E-state index contributed by atoms with van der Waals surface area (Å²) in [6.45, 7) is 2.00. The van der Waals surface area contributed by atoms with E-state index in [1.807, 2.05) is 41.3 Å². The van der Waals surface area contributed by atoms with Crippen LogP contribution in [-0.4, -0.2) is 14.7 Å². The lowest BCUT2D eigenvalue weighted by molar-refractivity contribution is -0.558. The smallest absolute Gasteiger partial charge is 0.353 e. The Labute approximate surface area is 113 Å². The summed E-state index contributed by atoms with van der Waals surface area (Å²) in [5.74, 6) is 0.576. The Bertz CT molecular complexity index is 466. The average molecular weight is 367 g/mol. The molecular weight excluding hydrogens is 351 g/mol. The van der Waals surface area contributed by atoms with Crippen LogP contribution in [0, 0.1) is 3.57 Å². The summed E-state index contributed by atoms with van der Waals surface area (Å²) < 4.78 is 30.3. The molecule has 0 saturated carbocycles. The minimum absolute atomic E-state index is 0.332. The van der Waals surface area contributed by atoms with Crippen LogP contribution in [-0.2, 0) is 14.3 Å². The van der Waals surface area contributed by atoms with Gasteiger partial charge in [0, 0.05) is 6.42 Å². The van der Waals surface area contributed by atoms with E-state index < -0.39 is 10.1 Å². The highest BCUT2D eigenvalue weighted by molar-refractivity contribution is 7.86. The van der Waals surface area contributed by atoms with Crippen LogP contribution in [0.25, 0.3) is 0 Å². The van der Waals surface area contributed by atoms with Crippen LogP contribution in [0.2, 0.25) is 0 Å². The van der Waals surface area contributed by atoms with Crippen LogP contribution >= 0.6 is 0 Å². The molecule has 1 aromatic carbocycles. The van der Waals surface area contributed by atoms with Crippen LogP contribution in [0.1, 0.15) is 19.8 Å². The van der Waals surface area contributed by atoms with Crippen molar-refractivity contribution in [3.8, 4) is 0 Å². The molecule has 0 unspecified atom stereocenters. The van der Waals surface area contributed by atoms with Gasteiger partial charge in [-0.25, -0.2) is 0 Å². The Morgan fingerprint density at radius 1 is 1.35 bits per heavy atom. The Morgan fingerprint density at radius 2 is 2.00 bits per heavy atom. The van der Waals surface area contributed by atoms with Gasteiger partial charge in [-0.15, -0.1) is 0 Å². The van der Waals surface area contributed by atoms with E-state index in [2.05, 4.69) is 0 Å². The number of hydrogen-bond donors (Lipinski definition) is 0. The molecule has 0 radical (unpaired) electrons. The molecule has 0 aromatic heterocycles. The van der Waals surface area contributed by atoms with Gasteiger partial charge in [-0.1, -0.05) is 25.1 Å². The maximum Gasteiger partial charge on any atom is 0.353 e. The first-order valence-electron chi connectivity index (χ1n) is 5.28. The van der Waals surface area contributed by atoms with Crippen molar-refractivity contribution in [3.63, 3.8) is 0 Å². The SMILES string of the molecule is CCC/C(=C\[I+]c1ccccc1)OS(C)(=O)=O. The molecule has 17 heavy (non-hydrogen) atoms. The molecule has 0 aliphatic rings. The number of hydrogen-bond acceptors (Lipinski definition) is 3. The summed E-state index contributed by atoms with van der Waals surface area (Å²) in [7, 11) is -3.40. The average Bonchev–Trinajstić information content (AvgIpc) is 2.26. The zero-order chi connectivity index (χ0) is 12.7. The summed E-state index contributed by atoms with van der Waals surface area (Å²) >= 11 is -0.332. The third-order valence-corrected chi connectivity index (χ3v) is 4.75. The topological polar surface area (TPSA) is 43.4 Å². The second-order valence-electron chi connectivity index (χ2n) is 3.52. The zero-order valence-corrected chi connectivity index (χ0v) is 12.9. The molecule has 0 aliphatic carbocycles. The third-order valence-electron chi connectivity index (χ3n) is 1.79. The Kier molecular flexibility index (Phi) is 5.97. The number of benzene rings is 1. The van der Waals surface area contributed by atoms with E-state index in [4.69, 9.17) is 4.18 Å². The van der Waals surface area contributed by atoms with Crippen molar-refractivity contribution in [2.75, 3.05) is 6.26 Å². The molecule has 3 nitrogen and oxygen atoms in total. The molecule has 0 fully saturated rings. The van der Waals surface area contributed by atoms with E-state index in [0.717, 1.165) is 12.7 Å². The lowest BCUT2D eigenvalue weighted by atomic mass is 10.3. The molecule has 1 rings (SSSR count). The van der Waals surface area contributed by atoms with Crippen molar-refractivity contribution in [2.45, 2.75) is 19.8 Å². The molecular formula is C12H16IO3S+. The number of halogens is 1. The van der Waals surface area contributed by atoms with E-state index in [-0.39, 0.29) is 21.2 Å². The summed E-state index contributed by atoms with van der Waals surface area (Å²) in [6, 6.07) is 10.0. The quantitative estimate of drug-likeness (QED) is 0.389. The molecule has 94 valence electrons. The van der Waals surface area contributed by atoms with Gasteiger partial charge >= 0.3 is 31.3 Å². The van der Waals surface area contributed by atoms with Crippen LogP contribution in [0.15, 0.2) is 40.2 Å². The molecule has 0 heterocycles. The van der Waals surface area contributed by atoms with E-state index in [1.54, 1.807) is 0 Å². The summed E-state index contributed by atoms with van der Waals surface area (Å²) in [4.78, 5) is 0. The van der Waals surface area contributed by atoms with Crippen LogP contribution in [0.4, 0.5) is 0 Å².